The zero-order chi connectivity index (χ0) is 25.1. The average Bonchev–Trinajstić information content (AvgIpc) is 3.36. The fourth-order valence-electron chi connectivity index (χ4n) is 6.07. The molecule has 3 aliphatic carbocycles. The molecule has 2 N–H and O–H groups in total. The number of nitrogens with one attached hydrogen (secondary N) is 2. The van der Waals surface area contributed by atoms with Crippen LogP contribution in [0.2, 0.25) is 0 Å². The first-order valence-corrected chi connectivity index (χ1v) is 11.6. The van der Waals surface area contributed by atoms with Gasteiger partial charge in [-0.2, -0.15) is 4.98 Å². The van der Waals surface area contributed by atoms with E-state index in [1.165, 1.54) is 0 Å². The maximum atomic E-state index is 13.9. The average molecular weight is 482 g/mol. The summed E-state index contributed by atoms with van der Waals surface area (Å²) in [6, 6.07) is 22.1. The van der Waals surface area contributed by atoms with Gasteiger partial charge < -0.3 is 4.74 Å². The summed E-state index contributed by atoms with van der Waals surface area (Å²) >= 11 is 0. The van der Waals surface area contributed by atoms with Crippen molar-refractivity contribution < 1.29 is 14.5 Å². The molecule has 0 saturated heterocycles. The third-order valence-electron chi connectivity index (χ3n) is 7.60. The van der Waals surface area contributed by atoms with Crippen molar-refractivity contribution >= 4 is 11.9 Å². The topological polar surface area (TPSA) is 123 Å². The molecule has 3 aromatic carbocycles. The van der Waals surface area contributed by atoms with Crippen LogP contribution < -0.4 is 10.1 Å². The number of rotatable bonds is 5. The minimum atomic E-state index is -1.52. The van der Waals surface area contributed by atoms with E-state index in [1.807, 2.05) is 72.8 Å². The van der Waals surface area contributed by atoms with Gasteiger partial charge in [0.25, 0.3) is 5.54 Å². The Hall–Kier alpha value is -4.53. The van der Waals surface area contributed by atoms with Crippen LogP contribution in [-0.4, -0.2) is 33.1 Å². The Kier molecular flexibility index (Phi) is 4.72. The fraction of sp³-hybridized carbons (Fsp3) is 0.222. The number of amides is 1. The lowest BCUT2D eigenvalue weighted by Gasteiger charge is -2.52. The van der Waals surface area contributed by atoms with Crippen molar-refractivity contribution in [3.05, 3.63) is 105 Å². The van der Waals surface area contributed by atoms with E-state index in [1.54, 1.807) is 14.0 Å². The molecule has 36 heavy (non-hydrogen) atoms. The Morgan fingerprint density at radius 1 is 1.06 bits per heavy atom. The predicted molar refractivity (Wildman–Crippen MR) is 132 cm³/mol. The van der Waals surface area contributed by atoms with Gasteiger partial charge in [-0.15, -0.1) is 5.10 Å². The molecule has 1 atom stereocenters. The van der Waals surface area contributed by atoms with Crippen molar-refractivity contribution in [2.45, 2.75) is 24.8 Å². The number of nitrogens with zero attached hydrogens (tertiary/aromatic N) is 3. The number of H-pyrrole nitrogens is 1. The zero-order valence-electron chi connectivity index (χ0n) is 19.7. The van der Waals surface area contributed by atoms with Gasteiger partial charge in [0.05, 0.1) is 18.1 Å². The molecule has 3 aliphatic rings. The van der Waals surface area contributed by atoms with Crippen LogP contribution in [-0.2, 0) is 10.3 Å². The number of ether oxygens (including phenoxy) is 1. The largest absolute Gasteiger partial charge is 0.496 e. The second kappa shape index (κ2) is 7.74. The fourth-order valence-corrected chi connectivity index (χ4v) is 6.07. The molecule has 2 bridgehead atoms. The van der Waals surface area contributed by atoms with E-state index in [0.717, 1.165) is 11.1 Å². The number of nitro groups is 1. The summed E-state index contributed by atoms with van der Waals surface area (Å²) in [7, 11) is 1.57. The number of benzene rings is 3. The van der Waals surface area contributed by atoms with Crippen LogP contribution in [0.5, 0.6) is 5.75 Å². The highest BCUT2D eigenvalue weighted by molar-refractivity contribution is 5.96. The summed E-state index contributed by atoms with van der Waals surface area (Å²) in [5.74, 6) is 0.438. The number of carbonyl (C=O) groups is 1. The van der Waals surface area contributed by atoms with Crippen LogP contribution in [0, 0.1) is 15.5 Å². The summed E-state index contributed by atoms with van der Waals surface area (Å²) in [6.07, 6.45) is 0.0291. The van der Waals surface area contributed by atoms with Crippen molar-refractivity contribution in [2.75, 3.05) is 12.4 Å². The number of para-hydroxylation sites is 1. The first kappa shape index (κ1) is 22.0. The third-order valence-corrected chi connectivity index (χ3v) is 7.60. The molecule has 1 aromatic heterocycles. The Balaban J connectivity index is 1.42. The van der Waals surface area contributed by atoms with Gasteiger partial charge in [-0.3, -0.25) is 25.3 Å². The van der Waals surface area contributed by atoms with Crippen LogP contribution in [0.3, 0.4) is 0 Å². The summed E-state index contributed by atoms with van der Waals surface area (Å²) in [5.41, 5.74) is 0.992. The quantitative estimate of drug-likeness (QED) is 0.320. The van der Waals surface area contributed by atoms with Crippen LogP contribution in [0.25, 0.3) is 11.4 Å². The van der Waals surface area contributed by atoms with Crippen molar-refractivity contribution in [1.29, 1.82) is 0 Å². The van der Waals surface area contributed by atoms with E-state index < -0.39 is 11.0 Å². The molecule has 7 rings (SSSR count). The van der Waals surface area contributed by atoms with E-state index >= 15 is 0 Å². The highest BCUT2D eigenvalue weighted by Gasteiger charge is 2.67. The Bertz CT molecular complexity index is 1480. The maximum absolute atomic E-state index is 13.9. The zero-order valence-corrected chi connectivity index (χ0v) is 19.7. The lowest BCUT2D eigenvalue weighted by molar-refractivity contribution is -0.573. The third kappa shape index (κ3) is 2.85. The molecule has 0 aliphatic heterocycles. The van der Waals surface area contributed by atoms with Gasteiger partial charge in [-0.05, 0) is 30.2 Å². The minimum Gasteiger partial charge on any atom is -0.496 e. The van der Waals surface area contributed by atoms with Gasteiger partial charge in [0.2, 0.25) is 11.9 Å². The number of fused-ring (bicyclic) bond motifs is 1. The highest BCUT2D eigenvalue weighted by atomic mass is 16.6. The monoisotopic (exact) mass is 481 g/mol. The van der Waals surface area contributed by atoms with Crippen LogP contribution >= 0.6 is 0 Å². The molecular formula is C27H23N5O4. The predicted octanol–water partition coefficient (Wildman–Crippen LogP) is 4.49. The molecular weight excluding hydrogens is 458 g/mol. The highest BCUT2D eigenvalue weighted by Crippen LogP contribution is 2.63. The minimum absolute atomic E-state index is 0.0291. The summed E-state index contributed by atoms with van der Waals surface area (Å²) in [6.45, 7) is 1.80. The van der Waals surface area contributed by atoms with Crippen molar-refractivity contribution in [2.24, 2.45) is 5.41 Å². The molecule has 1 amide bonds. The normalized spacial score (nSPS) is 23.4. The Labute approximate surface area is 206 Å². The van der Waals surface area contributed by atoms with E-state index in [-0.39, 0.29) is 29.1 Å². The van der Waals surface area contributed by atoms with Crippen molar-refractivity contribution in [3.63, 3.8) is 0 Å². The van der Waals surface area contributed by atoms with Gasteiger partial charge in [0, 0.05) is 28.4 Å². The lowest BCUT2D eigenvalue weighted by Crippen LogP contribution is -2.57. The molecule has 0 fully saturated rings. The smallest absolute Gasteiger partial charge is 0.273 e. The summed E-state index contributed by atoms with van der Waals surface area (Å²) < 4.78 is 5.40. The molecule has 4 aromatic rings. The number of hydrogen-bond acceptors (Lipinski definition) is 6. The Morgan fingerprint density at radius 3 is 2.31 bits per heavy atom. The molecule has 0 spiro atoms. The number of methoxy groups -OCH3 is 1. The van der Waals surface area contributed by atoms with Crippen LogP contribution in [0.15, 0.2) is 72.8 Å². The summed E-state index contributed by atoms with van der Waals surface area (Å²) in [5, 5.41) is 22.6. The lowest BCUT2D eigenvalue weighted by atomic mass is 9.49. The molecule has 1 heterocycles. The van der Waals surface area contributed by atoms with Crippen molar-refractivity contribution in [3.8, 4) is 17.1 Å². The number of hydrogen-bond donors (Lipinski definition) is 2. The van der Waals surface area contributed by atoms with E-state index in [2.05, 4.69) is 20.5 Å². The van der Waals surface area contributed by atoms with E-state index in [4.69, 9.17) is 4.74 Å². The van der Waals surface area contributed by atoms with Gasteiger partial charge in [0.1, 0.15) is 5.75 Å². The van der Waals surface area contributed by atoms with E-state index in [0.29, 0.717) is 28.3 Å². The molecule has 180 valence electrons. The van der Waals surface area contributed by atoms with Crippen LogP contribution in [0.1, 0.15) is 41.5 Å². The first-order valence-electron chi connectivity index (χ1n) is 11.6. The second-order valence-electron chi connectivity index (χ2n) is 9.48. The SMILES string of the molecule is COc1ccccc1-c1nc(NC(=O)C2(C)CC3([N+](=O)[O-])c4ccccc4C2c2ccccc23)n[nH]1. The molecule has 9 heteroatoms. The van der Waals surface area contributed by atoms with Crippen LogP contribution in [0.4, 0.5) is 5.95 Å². The molecule has 0 radical (unpaired) electrons. The molecule has 0 saturated carbocycles. The summed E-state index contributed by atoms with van der Waals surface area (Å²) in [4.78, 5) is 30.9. The van der Waals surface area contributed by atoms with E-state index in [9.17, 15) is 14.9 Å². The Morgan fingerprint density at radius 2 is 1.67 bits per heavy atom. The molecule has 9 nitrogen and oxygen atoms in total. The van der Waals surface area contributed by atoms with Gasteiger partial charge in [-0.1, -0.05) is 60.7 Å². The first-order chi connectivity index (χ1) is 17.4. The van der Waals surface area contributed by atoms with Gasteiger partial charge in [0.15, 0.2) is 5.82 Å². The number of carbonyl (C=O) groups excluding carboxylic acids is 1. The maximum Gasteiger partial charge on any atom is 0.273 e. The van der Waals surface area contributed by atoms with Gasteiger partial charge >= 0.3 is 0 Å². The standard InChI is InChI=1S/C27H23N5O4/c1-26(24(33)29-25-28-23(30-31-25)18-11-5-8-14-21(18)36-2)15-27(32(34)35)19-12-6-3-9-16(19)22(26)17-10-4-7-13-20(17)27/h3-14,22H,15H2,1-2H3,(H2,28,29,30,31,33). The van der Waals surface area contributed by atoms with Crippen molar-refractivity contribution in [1.82, 2.24) is 15.2 Å². The number of aromatic amines is 1. The number of aromatic nitrogens is 3. The molecule has 1 unspecified atom stereocenters. The van der Waals surface area contributed by atoms with Gasteiger partial charge in [-0.25, -0.2) is 0 Å². The number of anilines is 1. The second-order valence-corrected chi connectivity index (χ2v) is 9.48.